The minimum Gasteiger partial charge on any atom is -0.325 e. The highest BCUT2D eigenvalue weighted by molar-refractivity contribution is 5.03. The lowest BCUT2D eigenvalue weighted by Crippen LogP contribution is -2.46. The van der Waals surface area contributed by atoms with Gasteiger partial charge in [0, 0.05) is 24.5 Å². The van der Waals surface area contributed by atoms with E-state index in [9.17, 15) is 0 Å². The number of aryl methyl sites for hydroxylation is 2. The molecule has 13 heavy (non-hydrogen) atoms. The highest BCUT2D eigenvalue weighted by Crippen LogP contribution is 2.32. The van der Waals surface area contributed by atoms with E-state index in [4.69, 9.17) is 5.73 Å². The smallest absolute Gasteiger partial charge is 0.0492 e. The molecule has 0 aliphatic heterocycles. The highest BCUT2D eigenvalue weighted by Gasteiger charge is 2.31. The molecule has 2 N–H and O–H groups in total. The maximum absolute atomic E-state index is 6.14. The van der Waals surface area contributed by atoms with Crippen LogP contribution in [0.4, 0.5) is 0 Å². The molecule has 2 rings (SSSR count). The van der Waals surface area contributed by atoms with Crippen molar-refractivity contribution in [2.24, 2.45) is 12.8 Å². The Hall–Kier alpha value is -0.830. The van der Waals surface area contributed by atoms with Crippen molar-refractivity contribution in [1.29, 1.82) is 0 Å². The Kier molecular flexibility index (Phi) is 2.12. The molecule has 0 bridgehead atoms. The predicted molar refractivity (Wildman–Crippen MR) is 52.3 cm³/mol. The minimum atomic E-state index is 0.143. The zero-order valence-electron chi connectivity index (χ0n) is 8.16. The van der Waals surface area contributed by atoms with Gasteiger partial charge in [-0.15, -0.1) is 0 Å². The minimum absolute atomic E-state index is 0.143. The molecular weight excluding hydrogens is 162 g/mol. The maximum atomic E-state index is 6.14. The summed E-state index contributed by atoms with van der Waals surface area (Å²) in [6, 6.07) is 2.07. The molecule has 0 radical (unpaired) electrons. The van der Waals surface area contributed by atoms with E-state index in [0.717, 1.165) is 12.8 Å². The highest BCUT2D eigenvalue weighted by atomic mass is 15.2. The molecule has 1 saturated carbocycles. The van der Waals surface area contributed by atoms with Gasteiger partial charge in [-0.3, -0.25) is 4.68 Å². The summed E-state index contributed by atoms with van der Waals surface area (Å²) in [5.41, 5.74) is 7.57. The summed E-state index contributed by atoms with van der Waals surface area (Å²) in [4.78, 5) is 0. The van der Waals surface area contributed by atoms with Gasteiger partial charge < -0.3 is 5.73 Å². The van der Waals surface area contributed by atoms with E-state index < -0.39 is 0 Å². The van der Waals surface area contributed by atoms with Crippen LogP contribution in [0.2, 0.25) is 0 Å². The van der Waals surface area contributed by atoms with Crippen LogP contribution in [0, 0.1) is 0 Å². The molecule has 1 aliphatic rings. The molecule has 0 spiro atoms. The van der Waals surface area contributed by atoms with Crippen molar-refractivity contribution in [3.63, 3.8) is 0 Å². The molecule has 0 unspecified atom stereocenters. The normalized spacial score (nSPS) is 19.8. The number of hydrogen-bond donors (Lipinski definition) is 1. The summed E-state index contributed by atoms with van der Waals surface area (Å²) >= 11 is 0. The van der Waals surface area contributed by atoms with E-state index >= 15 is 0 Å². The van der Waals surface area contributed by atoms with Gasteiger partial charge in [0.25, 0.3) is 0 Å². The second kappa shape index (κ2) is 3.14. The Morgan fingerprint density at radius 3 is 2.85 bits per heavy atom. The Balaban J connectivity index is 1.89. The molecule has 1 aromatic heterocycles. The van der Waals surface area contributed by atoms with Crippen LogP contribution in [-0.4, -0.2) is 15.3 Å². The molecule has 0 atom stereocenters. The summed E-state index contributed by atoms with van der Waals surface area (Å²) in [6.07, 6.45) is 7.72. The van der Waals surface area contributed by atoms with Gasteiger partial charge in [0.15, 0.2) is 0 Å². The fraction of sp³-hybridized carbons (Fsp3) is 0.700. The fourth-order valence-corrected chi connectivity index (χ4v) is 1.90. The summed E-state index contributed by atoms with van der Waals surface area (Å²) in [5.74, 6) is 0. The molecule has 1 aromatic rings. The summed E-state index contributed by atoms with van der Waals surface area (Å²) in [7, 11) is 1.99. The number of hydrogen-bond acceptors (Lipinski definition) is 2. The Morgan fingerprint density at radius 2 is 2.38 bits per heavy atom. The van der Waals surface area contributed by atoms with Crippen LogP contribution in [-0.2, 0) is 13.5 Å². The second-order valence-electron chi connectivity index (χ2n) is 4.16. The summed E-state index contributed by atoms with van der Waals surface area (Å²) in [5, 5.41) is 4.14. The Morgan fingerprint density at radius 1 is 1.62 bits per heavy atom. The summed E-state index contributed by atoms with van der Waals surface area (Å²) < 4.78 is 1.93. The van der Waals surface area contributed by atoms with Crippen LogP contribution in [0.15, 0.2) is 12.3 Å². The molecule has 1 heterocycles. The molecule has 3 heteroatoms. The third kappa shape index (κ3) is 1.75. The van der Waals surface area contributed by atoms with Crippen LogP contribution < -0.4 is 5.73 Å². The van der Waals surface area contributed by atoms with Crippen molar-refractivity contribution >= 4 is 0 Å². The van der Waals surface area contributed by atoms with Gasteiger partial charge >= 0.3 is 0 Å². The largest absolute Gasteiger partial charge is 0.325 e. The SMILES string of the molecule is Cn1nccc1CCC1(N)CCC1. The third-order valence-electron chi connectivity index (χ3n) is 3.15. The van der Waals surface area contributed by atoms with Crippen LogP contribution in [0.3, 0.4) is 0 Å². The van der Waals surface area contributed by atoms with Crippen molar-refractivity contribution in [3.8, 4) is 0 Å². The first-order valence-corrected chi connectivity index (χ1v) is 4.95. The summed E-state index contributed by atoms with van der Waals surface area (Å²) in [6.45, 7) is 0. The molecule has 1 aliphatic carbocycles. The first-order chi connectivity index (χ1) is 6.20. The molecule has 0 amide bonds. The van der Waals surface area contributed by atoms with Crippen LogP contribution in [0.5, 0.6) is 0 Å². The average molecular weight is 179 g/mol. The van der Waals surface area contributed by atoms with Crippen LogP contribution >= 0.6 is 0 Å². The number of rotatable bonds is 3. The third-order valence-corrected chi connectivity index (χ3v) is 3.15. The van der Waals surface area contributed by atoms with Crippen LogP contribution in [0.1, 0.15) is 31.4 Å². The first kappa shape index (κ1) is 8.75. The molecule has 3 nitrogen and oxygen atoms in total. The van der Waals surface area contributed by atoms with Gasteiger partial charge in [-0.05, 0) is 38.2 Å². The molecule has 0 aromatic carbocycles. The van der Waals surface area contributed by atoms with E-state index in [0.29, 0.717) is 0 Å². The monoisotopic (exact) mass is 179 g/mol. The standard InChI is InChI=1S/C10H17N3/c1-13-9(4-8-12-13)3-7-10(11)5-2-6-10/h4,8H,2-3,5-7,11H2,1H3. The average Bonchev–Trinajstić information content (AvgIpc) is 2.44. The molecule has 72 valence electrons. The zero-order valence-corrected chi connectivity index (χ0v) is 8.16. The van der Waals surface area contributed by atoms with Crippen molar-refractivity contribution in [2.45, 2.75) is 37.6 Å². The van der Waals surface area contributed by atoms with Gasteiger partial charge in [-0.1, -0.05) is 0 Å². The lowest BCUT2D eigenvalue weighted by molar-refractivity contribution is 0.230. The van der Waals surface area contributed by atoms with Gasteiger partial charge in [0.2, 0.25) is 0 Å². The Labute approximate surface area is 78.9 Å². The zero-order chi connectivity index (χ0) is 9.31. The van der Waals surface area contributed by atoms with E-state index in [2.05, 4.69) is 11.2 Å². The quantitative estimate of drug-likeness (QED) is 0.758. The predicted octanol–water partition coefficient (Wildman–Crippen LogP) is 1.23. The fourth-order valence-electron chi connectivity index (χ4n) is 1.90. The first-order valence-electron chi connectivity index (χ1n) is 4.95. The topological polar surface area (TPSA) is 43.8 Å². The van der Waals surface area contributed by atoms with E-state index in [1.165, 1.54) is 25.0 Å². The molecule has 0 saturated heterocycles. The second-order valence-corrected chi connectivity index (χ2v) is 4.16. The van der Waals surface area contributed by atoms with Crippen LogP contribution in [0.25, 0.3) is 0 Å². The van der Waals surface area contributed by atoms with E-state index in [-0.39, 0.29) is 5.54 Å². The molecule has 1 fully saturated rings. The number of nitrogens with two attached hydrogens (primary N) is 1. The maximum Gasteiger partial charge on any atom is 0.0492 e. The van der Waals surface area contributed by atoms with Crippen molar-refractivity contribution in [3.05, 3.63) is 18.0 Å². The lowest BCUT2D eigenvalue weighted by Gasteiger charge is -2.38. The Bertz CT molecular complexity index is 286. The van der Waals surface area contributed by atoms with Gasteiger partial charge in [-0.25, -0.2) is 0 Å². The van der Waals surface area contributed by atoms with Gasteiger partial charge in [0.1, 0.15) is 0 Å². The van der Waals surface area contributed by atoms with Crippen molar-refractivity contribution in [1.82, 2.24) is 9.78 Å². The van der Waals surface area contributed by atoms with Gasteiger partial charge in [0.05, 0.1) is 0 Å². The number of aromatic nitrogens is 2. The lowest BCUT2D eigenvalue weighted by atomic mass is 9.74. The van der Waals surface area contributed by atoms with Gasteiger partial charge in [-0.2, -0.15) is 5.10 Å². The van der Waals surface area contributed by atoms with Crippen molar-refractivity contribution in [2.75, 3.05) is 0 Å². The number of nitrogens with zero attached hydrogens (tertiary/aromatic N) is 2. The van der Waals surface area contributed by atoms with E-state index in [1.54, 1.807) is 0 Å². The molecular formula is C10H17N3. The van der Waals surface area contributed by atoms with Crippen molar-refractivity contribution < 1.29 is 0 Å². The van der Waals surface area contributed by atoms with E-state index in [1.807, 2.05) is 17.9 Å².